The predicted molar refractivity (Wildman–Crippen MR) is 158 cm³/mol. The van der Waals surface area contributed by atoms with Crippen LogP contribution in [0.5, 0.6) is 11.5 Å². The summed E-state index contributed by atoms with van der Waals surface area (Å²) in [5.41, 5.74) is 2.98. The van der Waals surface area contributed by atoms with E-state index >= 15 is 0 Å². The van der Waals surface area contributed by atoms with Gasteiger partial charge in [-0.2, -0.15) is 0 Å². The fourth-order valence-corrected chi connectivity index (χ4v) is 4.70. The number of aliphatic hydroxyl groups excluding tert-OH is 1. The Morgan fingerprint density at radius 2 is 1.80 bits per heavy atom. The molecule has 41 heavy (non-hydrogen) atoms. The summed E-state index contributed by atoms with van der Waals surface area (Å²) >= 11 is 13.3. The van der Waals surface area contributed by atoms with Crippen LogP contribution < -0.4 is 10.2 Å². The third kappa shape index (κ3) is 6.93. The number of hydrogen-bond acceptors (Lipinski definition) is 6. The third-order valence-corrected chi connectivity index (χ3v) is 7.02. The fraction of sp³-hybridized carbons (Fsp3) is 0.300. The van der Waals surface area contributed by atoms with Crippen molar-refractivity contribution in [2.45, 2.75) is 58.8 Å². The van der Waals surface area contributed by atoms with E-state index in [1.54, 1.807) is 52.1 Å². The van der Waals surface area contributed by atoms with Crippen molar-refractivity contribution in [3.63, 3.8) is 0 Å². The number of aromatic amines is 1. The number of halogens is 2. The molecule has 0 aliphatic rings. The zero-order valence-electron chi connectivity index (χ0n) is 23.4. The number of carbonyl (C=O) groups excluding carboxylic acids is 2. The van der Waals surface area contributed by atoms with Crippen LogP contribution in [0.25, 0.3) is 11.0 Å². The first-order valence-corrected chi connectivity index (χ1v) is 13.8. The van der Waals surface area contributed by atoms with E-state index in [4.69, 9.17) is 32.7 Å². The Morgan fingerprint density at radius 1 is 1.10 bits per heavy atom. The molecule has 2 atom stereocenters. The van der Waals surface area contributed by atoms with E-state index in [2.05, 4.69) is 15.4 Å². The van der Waals surface area contributed by atoms with E-state index in [0.717, 1.165) is 0 Å². The van der Waals surface area contributed by atoms with Crippen molar-refractivity contribution >= 4 is 46.2 Å². The molecule has 9 nitrogen and oxygen atoms in total. The summed E-state index contributed by atoms with van der Waals surface area (Å²) in [5, 5.41) is 13.2. The number of hydrazine groups is 1. The number of pyridine rings is 1. The van der Waals surface area contributed by atoms with Gasteiger partial charge in [-0.15, -0.1) is 0 Å². The highest BCUT2D eigenvalue weighted by Gasteiger charge is 2.29. The van der Waals surface area contributed by atoms with Gasteiger partial charge >= 0.3 is 6.09 Å². The molecule has 2 aromatic carbocycles. The monoisotopic (exact) mass is 598 g/mol. The smallest absolute Gasteiger partial charge is 0.426 e. The number of rotatable bonds is 7. The van der Waals surface area contributed by atoms with Crippen LogP contribution in [0.4, 0.5) is 4.79 Å². The Labute approximate surface area is 248 Å². The second kappa shape index (κ2) is 12.4. The van der Waals surface area contributed by atoms with Gasteiger partial charge in [0, 0.05) is 28.9 Å². The number of benzene rings is 2. The van der Waals surface area contributed by atoms with Gasteiger partial charge in [0.15, 0.2) is 0 Å². The van der Waals surface area contributed by atoms with Crippen LogP contribution in [0.1, 0.15) is 68.6 Å². The highest BCUT2D eigenvalue weighted by Crippen LogP contribution is 2.38. The highest BCUT2D eigenvalue weighted by molar-refractivity contribution is 6.38. The van der Waals surface area contributed by atoms with Crippen molar-refractivity contribution in [3.05, 3.63) is 87.7 Å². The van der Waals surface area contributed by atoms with Crippen molar-refractivity contribution < 1.29 is 24.2 Å². The molecule has 2 aromatic heterocycles. The molecule has 0 bridgehead atoms. The standard InChI is InChI=1S/C30H32Cl2N4O5/c1-6-17(2)36(35-29(39)41-30(3,4)5)28(38)22-16-34-27-24(25(22)32)21(15-33-27)26(37)20-13-12-19(14-23(20)31)40-18-10-8-7-9-11-18/h7-17,26,37H,6H2,1-5H3,(H,33,34)(H,35,39). The minimum atomic E-state index is -1.20. The maximum Gasteiger partial charge on any atom is 0.426 e. The van der Waals surface area contributed by atoms with E-state index in [9.17, 15) is 14.7 Å². The zero-order valence-corrected chi connectivity index (χ0v) is 24.9. The minimum Gasteiger partial charge on any atom is -0.457 e. The number of fused-ring (bicyclic) bond motifs is 1. The molecule has 0 saturated heterocycles. The normalized spacial score (nSPS) is 13.0. The second-order valence-electron chi connectivity index (χ2n) is 10.5. The summed E-state index contributed by atoms with van der Waals surface area (Å²) in [6.45, 7) is 8.85. The van der Waals surface area contributed by atoms with Gasteiger partial charge in [-0.05, 0) is 58.4 Å². The summed E-state index contributed by atoms with van der Waals surface area (Å²) in [6, 6.07) is 13.8. The van der Waals surface area contributed by atoms with Crippen molar-refractivity contribution in [1.82, 2.24) is 20.4 Å². The average Bonchev–Trinajstić information content (AvgIpc) is 3.36. The number of carbonyl (C=O) groups is 2. The number of nitrogens with zero attached hydrogens (tertiary/aromatic N) is 2. The van der Waals surface area contributed by atoms with Crippen molar-refractivity contribution in [2.24, 2.45) is 0 Å². The van der Waals surface area contributed by atoms with E-state index in [-0.39, 0.29) is 21.7 Å². The summed E-state index contributed by atoms with van der Waals surface area (Å²) in [4.78, 5) is 33.5. The number of ether oxygens (including phenoxy) is 2. The molecule has 216 valence electrons. The summed E-state index contributed by atoms with van der Waals surface area (Å²) in [6.07, 6.45) is 1.47. The molecule has 0 saturated carbocycles. The maximum atomic E-state index is 13.6. The van der Waals surface area contributed by atoms with Gasteiger partial charge in [0.1, 0.15) is 28.9 Å². The molecule has 3 N–H and O–H groups in total. The molecule has 4 rings (SSSR count). The number of para-hydroxylation sites is 1. The molecule has 0 aliphatic heterocycles. The molecular weight excluding hydrogens is 567 g/mol. The first-order chi connectivity index (χ1) is 19.4. The molecule has 0 fully saturated rings. The van der Waals surface area contributed by atoms with Crippen molar-refractivity contribution in [2.75, 3.05) is 0 Å². The van der Waals surface area contributed by atoms with Crippen LogP contribution in [-0.4, -0.2) is 43.7 Å². The Bertz CT molecular complexity index is 1550. The zero-order chi connectivity index (χ0) is 29.9. The van der Waals surface area contributed by atoms with Crippen LogP contribution in [0, 0.1) is 0 Å². The Balaban J connectivity index is 1.65. The molecule has 0 radical (unpaired) electrons. The van der Waals surface area contributed by atoms with E-state index < -0.39 is 23.7 Å². The van der Waals surface area contributed by atoms with Crippen molar-refractivity contribution in [1.29, 1.82) is 0 Å². The fourth-order valence-electron chi connectivity index (χ4n) is 4.10. The molecule has 4 aromatic rings. The number of aliphatic hydroxyl groups is 1. The molecule has 2 heterocycles. The van der Waals surface area contributed by atoms with Crippen LogP contribution in [0.15, 0.2) is 60.9 Å². The molecule has 2 unspecified atom stereocenters. The number of amides is 2. The first-order valence-electron chi connectivity index (χ1n) is 13.1. The van der Waals surface area contributed by atoms with Crippen molar-refractivity contribution in [3.8, 4) is 11.5 Å². The van der Waals surface area contributed by atoms with Crippen LogP contribution in [0.2, 0.25) is 10.0 Å². The SMILES string of the molecule is CCC(C)N(NC(=O)OC(C)(C)C)C(=O)c1cnc2[nH]cc(C(O)c3ccc(Oc4ccccc4)cc3Cl)c2c1Cl. The van der Waals surface area contributed by atoms with Crippen LogP contribution >= 0.6 is 23.2 Å². The average molecular weight is 600 g/mol. The Kier molecular flexibility index (Phi) is 9.11. The third-order valence-electron chi connectivity index (χ3n) is 6.30. The topological polar surface area (TPSA) is 117 Å². The molecular formula is C30H32Cl2N4O5. The predicted octanol–water partition coefficient (Wildman–Crippen LogP) is 7.42. The lowest BCUT2D eigenvalue weighted by Gasteiger charge is -2.30. The number of hydrogen-bond donors (Lipinski definition) is 3. The summed E-state index contributed by atoms with van der Waals surface area (Å²) < 4.78 is 11.2. The van der Waals surface area contributed by atoms with Gasteiger partial charge in [0.05, 0.1) is 21.7 Å². The molecule has 0 aliphatic carbocycles. The van der Waals surface area contributed by atoms with E-state index in [1.165, 1.54) is 11.2 Å². The van der Waals surface area contributed by atoms with Gasteiger partial charge in [-0.1, -0.05) is 54.4 Å². The first kappa shape index (κ1) is 30.2. The molecule has 11 heteroatoms. The van der Waals surface area contributed by atoms with Gasteiger partial charge in [-0.3, -0.25) is 4.79 Å². The Morgan fingerprint density at radius 3 is 2.44 bits per heavy atom. The Hall–Kier alpha value is -3.79. The van der Waals surface area contributed by atoms with E-state index in [1.807, 2.05) is 37.3 Å². The van der Waals surface area contributed by atoms with Gasteiger partial charge in [0.2, 0.25) is 0 Å². The second-order valence-corrected chi connectivity index (χ2v) is 11.3. The number of nitrogens with one attached hydrogen (secondary N) is 2. The summed E-state index contributed by atoms with van der Waals surface area (Å²) in [5.74, 6) is 0.578. The number of aromatic nitrogens is 2. The summed E-state index contributed by atoms with van der Waals surface area (Å²) in [7, 11) is 0. The lowest BCUT2D eigenvalue weighted by atomic mass is 10.0. The quantitative estimate of drug-likeness (QED) is 0.190. The molecule has 0 spiro atoms. The minimum absolute atomic E-state index is 0.0429. The number of H-pyrrole nitrogens is 1. The van der Waals surface area contributed by atoms with E-state index in [0.29, 0.717) is 40.1 Å². The lowest BCUT2D eigenvalue weighted by Crippen LogP contribution is -2.52. The van der Waals surface area contributed by atoms with Gasteiger partial charge in [0.25, 0.3) is 5.91 Å². The van der Waals surface area contributed by atoms with Crippen LogP contribution in [-0.2, 0) is 4.74 Å². The maximum absolute atomic E-state index is 13.6. The highest BCUT2D eigenvalue weighted by atomic mass is 35.5. The van der Waals surface area contributed by atoms with Gasteiger partial charge in [-0.25, -0.2) is 20.2 Å². The lowest BCUT2D eigenvalue weighted by molar-refractivity contribution is 0.0225. The largest absolute Gasteiger partial charge is 0.457 e. The van der Waals surface area contributed by atoms with Crippen LogP contribution in [0.3, 0.4) is 0 Å². The van der Waals surface area contributed by atoms with Gasteiger partial charge < -0.3 is 19.6 Å². The molecule has 2 amide bonds.